The number of carbonyl (C=O) groups is 1. The third kappa shape index (κ3) is 4.17. The Morgan fingerprint density at radius 2 is 1.76 bits per heavy atom. The molecule has 1 amide bonds. The van der Waals surface area contributed by atoms with Crippen LogP contribution in [0.5, 0.6) is 0 Å². The molecule has 3 aromatic rings. The number of amides is 1. The summed E-state index contributed by atoms with van der Waals surface area (Å²) in [6.07, 6.45) is 0. The molecule has 0 unspecified atom stereocenters. The SMILES string of the molecule is O=C(NS(=O)(=O)c1cc([N+](=O)[O-])ccc1Cl)c1nc2cc(Cl)c(Cl)cc2[nH]c1=O. The van der Waals surface area contributed by atoms with Crippen molar-refractivity contribution in [1.29, 1.82) is 0 Å². The zero-order chi connectivity index (χ0) is 21.5. The molecule has 150 valence electrons. The van der Waals surface area contributed by atoms with Gasteiger partial charge in [0.05, 0.1) is 31.0 Å². The number of hydrogen-bond donors (Lipinski definition) is 2. The molecule has 2 N–H and O–H groups in total. The molecule has 0 aliphatic carbocycles. The molecule has 0 spiro atoms. The summed E-state index contributed by atoms with van der Waals surface area (Å²) in [7, 11) is -4.66. The van der Waals surface area contributed by atoms with Crippen LogP contribution in [0.4, 0.5) is 5.69 Å². The summed E-state index contributed by atoms with van der Waals surface area (Å²) < 4.78 is 26.5. The van der Waals surface area contributed by atoms with Crippen molar-refractivity contribution >= 4 is 67.5 Å². The summed E-state index contributed by atoms with van der Waals surface area (Å²) in [5, 5.41) is 10.7. The fraction of sp³-hybridized carbons (Fsp3) is 0. The zero-order valence-corrected chi connectivity index (χ0v) is 16.9. The van der Waals surface area contributed by atoms with Crippen LogP contribution in [0.25, 0.3) is 11.0 Å². The fourth-order valence-corrected chi connectivity index (χ4v) is 4.07. The number of nitro benzene ring substituents is 1. The molecule has 1 heterocycles. The molecule has 0 radical (unpaired) electrons. The average molecular weight is 478 g/mol. The largest absolute Gasteiger partial charge is 0.319 e. The van der Waals surface area contributed by atoms with Crippen LogP contribution in [0.15, 0.2) is 40.0 Å². The molecular formula is C15H7Cl3N4O6S. The fourth-order valence-electron chi connectivity index (χ4n) is 2.27. The molecule has 0 aliphatic rings. The van der Waals surface area contributed by atoms with Gasteiger partial charge >= 0.3 is 0 Å². The molecule has 29 heavy (non-hydrogen) atoms. The molecule has 10 nitrogen and oxygen atoms in total. The van der Waals surface area contributed by atoms with Crippen molar-refractivity contribution in [3.8, 4) is 0 Å². The highest BCUT2D eigenvalue weighted by Gasteiger charge is 2.26. The highest BCUT2D eigenvalue weighted by molar-refractivity contribution is 7.90. The molecular weight excluding hydrogens is 471 g/mol. The van der Waals surface area contributed by atoms with Crippen molar-refractivity contribution in [2.75, 3.05) is 0 Å². The number of hydrogen-bond acceptors (Lipinski definition) is 7. The zero-order valence-electron chi connectivity index (χ0n) is 13.8. The van der Waals surface area contributed by atoms with Gasteiger partial charge in [-0.05, 0) is 18.2 Å². The van der Waals surface area contributed by atoms with Gasteiger partial charge in [0.25, 0.3) is 27.2 Å². The van der Waals surface area contributed by atoms with E-state index < -0.39 is 42.7 Å². The Morgan fingerprint density at radius 1 is 1.10 bits per heavy atom. The summed E-state index contributed by atoms with van der Waals surface area (Å²) in [5.74, 6) is -1.37. The highest BCUT2D eigenvalue weighted by Crippen LogP contribution is 2.27. The molecule has 0 saturated heterocycles. The molecule has 14 heteroatoms. The van der Waals surface area contributed by atoms with E-state index in [0.29, 0.717) is 6.07 Å². The Kier molecular flexibility index (Phi) is 5.50. The summed E-state index contributed by atoms with van der Waals surface area (Å²) in [5.41, 5.74) is -2.08. The lowest BCUT2D eigenvalue weighted by Crippen LogP contribution is -2.35. The number of carbonyl (C=O) groups excluding carboxylic acids is 1. The predicted molar refractivity (Wildman–Crippen MR) is 105 cm³/mol. The highest BCUT2D eigenvalue weighted by atomic mass is 35.5. The second kappa shape index (κ2) is 7.59. The normalized spacial score (nSPS) is 11.4. The number of fused-ring (bicyclic) bond motifs is 1. The molecule has 3 rings (SSSR count). The maximum Gasteiger partial charge on any atom is 0.289 e. The number of halogens is 3. The molecule has 1 aromatic heterocycles. The Balaban J connectivity index is 2.03. The number of benzene rings is 2. The van der Waals surface area contributed by atoms with Gasteiger partial charge in [0.2, 0.25) is 0 Å². The molecule has 0 saturated carbocycles. The maximum atomic E-state index is 12.5. The predicted octanol–water partition coefficient (Wildman–Crippen LogP) is 2.91. The van der Waals surface area contributed by atoms with Crippen molar-refractivity contribution in [2.45, 2.75) is 4.90 Å². The number of H-pyrrole nitrogens is 1. The third-order valence-corrected chi connectivity index (χ3v) is 6.13. The second-order valence-electron chi connectivity index (χ2n) is 5.50. The summed E-state index contributed by atoms with van der Waals surface area (Å²) in [6.45, 7) is 0. The smallest absolute Gasteiger partial charge is 0.289 e. The van der Waals surface area contributed by atoms with Crippen LogP contribution in [0.3, 0.4) is 0 Å². The van der Waals surface area contributed by atoms with Crippen LogP contribution in [-0.4, -0.2) is 29.2 Å². The van der Waals surface area contributed by atoms with Gasteiger partial charge in [-0.15, -0.1) is 0 Å². The minimum Gasteiger partial charge on any atom is -0.319 e. The number of aromatic nitrogens is 2. The number of sulfonamides is 1. The van der Waals surface area contributed by atoms with Crippen LogP contribution in [0.1, 0.15) is 10.5 Å². The topological polar surface area (TPSA) is 152 Å². The molecule has 0 aliphatic heterocycles. The minimum absolute atomic E-state index is 0.0786. The lowest BCUT2D eigenvalue weighted by atomic mass is 10.3. The van der Waals surface area contributed by atoms with Crippen molar-refractivity contribution < 1.29 is 18.1 Å². The van der Waals surface area contributed by atoms with Gasteiger partial charge in [-0.25, -0.2) is 18.1 Å². The lowest BCUT2D eigenvalue weighted by Gasteiger charge is -2.08. The Labute approximate surface area is 176 Å². The maximum absolute atomic E-state index is 12.5. The van der Waals surface area contributed by atoms with E-state index in [0.717, 1.165) is 12.1 Å². The molecule has 2 aromatic carbocycles. The molecule has 0 fully saturated rings. The number of aromatic amines is 1. The van der Waals surface area contributed by atoms with Gasteiger partial charge in [0, 0.05) is 12.1 Å². The molecule has 0 bridgehead atoms. The average Bonchev–Trinajstić information content (AvgIpc) is 2.62. The summed E-state index contributed by atoms with van der Waals surface area (Å²) in [6, 6.07) is 5.25. The monoisotopic (exact) mass is 476 g/mol. The quantitative estimate of drug-likeness (QED) is 0.433. The van der Waals surface area contributed by atoms with Gasteiger partial charge in [0.1, 0.15) is 4.90 Å². The van der Waals surface area contributed by atoms with Crippen LogP contribution in [0, 0.1) is 10.1 Å². The van der Waals surface area contributed by atoms with Crippen molar-refractivity contribution in [3.63, 3.8) is 0 Å². The minimum atomic E-state index is -4.66. The van der Waals surface area contributed by atoms with E-state index in [2.05, 4.69) is 9.97 Å². The van der Waals surface area contributed by atoms with E-state index in [9.17, 15) is 28.1 Å². The third-order valence-electron chi connectivity index (χ3n) is 3.59. The van der Waals surface area contributed by atoms with Crippen LogP contribution < -0.4 is 10.3 Å². The Morgan fingerprint density at radius 3 is 2.41 bits per heavy atom. The number of nitrogens with one attached hydrogen (secondary N) is 2. The van der Waals surface area contributed by atoms with E-state index in [1.54, 1.807) is 4.72 Å². The van der Waals surface area contributed by atoms with Gasteiger partial charge in [-0.1, -0.05) is 34.8 Å². The number of nitrogens with zero attached hydrogens (tertiary/aromatic N) is 2. The number of nitro groups is 1. The van der Waals surface area contributed by atoms with E-state index in [1.807, 2.05) is 0 Å². The van der Waals surface area contributed by atoms with Crippen LogP contribution >= 0.6 is 34.8 Å². The number of rotatable bonds is 4. The Bertz CT molecular complexity index is 1360. The summed E-state index contributed by atoms with van der Waals surface area (Å²) in [4.78, 5) is 40.0. The van der Waals surface area contributed by atoms with Crippen LogP contribution in [0.2, 0.25) is 15.1 Å². The van der Waals surface area contributed by atoms with Gasteiger partial charge < -0.3 is 4.98 Å². The second-order valence-corrected chi connectivity index (χ2v) is 8.38. The van der Waals surface area contributed by atoms with E-state index in [1.165, 1.54) is 12.1 Å². The van der Waals surface area contributed by atoms with Gasteiger partial charge in [0.15, 0.2) is 5.69 Å². The molecule has 0 atom stereocenters. The van der Waals surface area contributed by atoms with Crippen molar-refractivity contribution in [2.24, 2.45) is 0 Å². The lowest BCUT2D eigenvalue weighted by molar-refractivity contribution is -0.385. The van der Waals surface area contributed by atoms with Crippen molar-refractivity contribution in [3.05, 3.63) is 71.6 Å². The summed E-state index contributed by atoms with van der Waals surface area (Å²) >= 11 is 17.5. The first kappa shape index (κ1) is 21.0. The first-order chi connectivity index (χ1) is 13.5. The first-order valence-electron chi connectivity index (χ1n) is 7.40. The van der Waals surface area contributed by atoms with Gasteiger partial charge in [-0.3, -0.25) is 19.7 Å². The first-order valence-corrected chi connectivity index (χ1v) is 10.0. The van der Waals surface area contributed by atoms with E-state index in [-0.39, 0.29) is 26.1 Å². The van der Waals surface area contributed by atoms with Gasteiger partial charge in [-0.2, -0.15) is 0 Å². The van der Waals surface area contributed by atoms with Crippen molar-refractivity contribution in [1.82, 2.24) is 14.7 Å². The number of non-ortho nitro benzene ring substituents is 1. The van der Waals surface area contributed by atoms with E-state index >= 15 is 0 Å². The van der Waals surface area contributed by atoms with E-state index in [4.69, 9.17) is 34.8 Å². The standard InChI is InChI=1S/C15H7Cl3N4O6S/c16-7-2-1-6(22(25)26)3-12(7)29(27,28)21-15(24)13-14(23)20-11-5-9(18)8(17)4-10(11)19-13/h1-5H,(H,20,23)(H,21,24). The Hall–Kier alpha value is -2.73. The van der Waals surface area contributed by atoms with Crippen LogP contribution in [-0.2, 0) is 10.0 Å².